The Morgan fingerprint density at radius 3 is 2.75 bits per heavy atom. The lowest BCUT2D eigenvalue weighted by Gasteiger charge is -2.24. The molecule has 5 rings (SSSR count). The molecule has 210 valence electrons. The van der Waals surface area contributed by atoms with Gasteiger partial charge in [0.2, 0.25) is 0 Å². The summed E-state index contributed by atoms with van der Waals surface area (Å²) in [5.41, 5.74) is 4.94. The van der Waals surface area contributed by atoms with Crippen molar-refractivity contribution in [2.24, 2.45) is 0 Å². The van der Waals surface area contributed by atoms with E-state index in [9.17, 15) is 13.6 Å². The number of hydrogen-bond acceptors (Lipinski definition) is 5. The quantitative estimate of drug-likeness (QED) is 0.411. The smallest absolute Gasteiger partial charge is 0.320 e. The highest BCUT2D eigenvalue weighted by molar-refractivity contribution is 5.89. The molecule has 0 spiro atoms. The number of aryl methyl sites for hydroxylation is 1. The predicted molar refractivity (Wildman–Crippen MR) is 150 cm³/mol. The van der Waals surface area contributed by atoms with Gasteiger partial charge in [-0.1, -0.05) is 24.3 Å². The van der Waals surface area contributed by atoms with Crippen LogP contribution < -0.4 is 10.6 Å². The van der Waals surface area contributed by atoms with Crippen molar-refractivity contribution in [2.75, 3.05) is 38.7 Å². The lowest BCUT2D eigenvalue weighted by atomic mass is 9.90. The average molecular weight is 549 g/mol. The predicted octanol–water partition coefficient (Wildman–Crippen LogP) is 5.08. The fraction of sp³-hybridized carbons (Fsp3) is 0.367. The number of nitrogens with zero attached hydrogens (tertiary/aromatic N) is 4. The number of ether oxygens (including phenoxy) is 1. The lowest BCUT2D eigenvalue weighted by Crippen LogP contribution is -2.42. The van der Waals surface area contributed by atoms with Crippen molar-refractivity contribution in [3.63, 3.8) is 0 Å². The number of rotatable bonds is 8. The summed E-state index contributed by atoms with van der Waals surface area (Å²) in [6.07, 6.45) is 8.53. The standard InChI is InChI=1S/C30H34F2N6O2/c1-19-6-8-22(16-24(19)23-5-4-11-33-20(23)2)38-29(10-12-34-38)36-30(39)35-28-18-37(13-14-40-3)17-25(28)21-7-9-26(31)27(32)15-21/h4-7,9-12,15-16,22,25,28H,8,13-14,17-18H2,1-3H3,(H2,35,36,39)/t22?,25-,28+/m0/s1. The second-order valence-electron chi connectivity index (χ2n) is 10.3. The fourth-order valence-electron chi connectivity index (χ4n) is 5.55. The number of hydrogen-bond donors (Lipinski definition) is 2. The topological polar surface area (TPSA) is 84.3 Å². The number of likely N-dealkylation sites (tertiary alicyclic amines) is 1. The van der Waals surface area contributed by atoms with Gasteiger partial charge in [0.25, 0.3) is 0 Å². The molecule has 2 aromatic heterocycles. The van der Waals surface area contributed by atoms with Gasteiger partial charge in [0, 0.05) is 56.2 Å². The Morgan fingerprint density at radius 2 is 1.98 bits per heavy atom. The lowest BCUT2D eigenvalue weighted by molar-refractivity contribution is 0.159. The number of urea groups is 1. The van der Waals surface area contributed by atoms with E-state index in [0.29, 0.717) is 37.6 Å². The first-order valence-corrected chi connectivity index (χ1v) is 13.4. The Labute approximate surface area is 232 Å². The summed E-state index contributed by atoms with van der Waals surface area (Å²) >= 11 is 0. The molecular weight excluding hydrogens is 514 g/mol. The normalized spacial score (nSPS) is 21.2. The van der Waals surface area contributed by atoms with Gasteiger partial charge in [-0.2, -0.15) is 5.10 Å². The zero-order valence-corrected chi connectivity index (χ0v) is 22.9. The number of anilines is 1. The van der Waals surface area contributed by atoms with Crippen LogP contribution in [0.15, 0.2) is 66.5 Å². The van der Waals surface area contributed by atoms with Gasteiger partial charge in [0.15, 0.2) is 11.6 Å². The van der Waals surface area contributed by atoms with Crippen LogP contribution in [0.2, 0.25) is 0 Å². The number of carbonyl (C=O) groups is 1. The second kappa shape index (κ2) is 12.1. The first-order chi connectivity index (χ1) is 19.3. The minimum absolute atomic E-state index is 0.0884. The van der Waals surface area contributed by atoms with Gasteiger partial charge in [-0.25, -0.2) is 18.3 Å². The maximum Gasteiger partial charge on any atom is 0.320 e. The minimum atomic E-state index is -0.898. The number of pyridine rings is 1. The maximum absolute atomic E-state index is 14.0. The number of methoxy groups -OCH3 is 1. The van der Waals surface area contributed by atoms with Crippen LogP contribution in [0.25, 0.3) is 5.57 Å². The Kier molecular flexibility index (Phi) is 8.37. The molecule has 1 aromatic carbocycles. The molecule has 2 N–H and O–H groups in total. The van der Waals surface area contributed by atoms with Crippen LogP contribution in [0.3, 0.4) is 0 Å². The molecule has 1 saturated heterocycles. The Bertz CT molecular complexity index is 1440. The zero-order chi connectivity index (χ0) is 28.2. The van der Waals surface area contributed by atoms with E-state index in [1.54, 1.807) is 36.3 Å². The highest BCUT2D eigenvalue weighted by Crippen LogP contribution is 2.35. The van der Waals surface area contributed by atoms with E-state index >= 15 is 0 Å². The average Bonchev–Trinajstić information content (AvgIpc) is 3.56. The molecule has 40 heavy (non-hydrogen) atoms. The molecule has 1 aliphatic carbocycles. The summed E-state index contributed by atoms with van der Waals surface area (Å²) in [5, 5.41) is 10.5. The number of amides is 2. The molecule has 3 atom stereocenters. The molecule has 0 radical (unpaired) electrons. The second-order valence-corrected chi connectivity index (χ2v) is 10.3. The third-order valence-corrected chi connectivity index (χ3v) is 7.67. The van der Waals surface area contributed by atoms with Crippen LogP contribution in [0.1, 0.15) is 42.1 Å². The monoisotopic (exact) mass is 548 g/mol. The molecule has 3 heterocycles. The van der Waals surface area contributed by atoms with E-state index in [2.05, 4.69) is 50.8 Å². The number of allylic oxidation sites excluding steroid dienone is 4. The van der Waals surface area contributed by atoms with E-state index in [1.807, 2.05) is 13.0 Å². The van der Waals surface area contributed by atoms with Crippen molar-refractivity contribution in [1.29, 1.82) is 0 Å². The summed E-state index contributed by atoms with van der Waals surface area (Å²) in [4.78, 5) is 19.8. The molecule has 1 aliphatic heterocycles. The molecule has 10 heteroatoms. The van der Waals surface area contributed by atoms with Crippen LogP contribution in [0.4, 0.5) is 19.4 Å². The molecule has 0 bridgehead atoms. The van der Waals surface area contributed by atoms with E-state index in [1.165, 1.54) is 11.6 Å². The van der Waals surface area contributed by atoms with Gasteiger partial charge < -0.3 is 10.1 Å². The largest absolute Gasteiger partial charge is 0.383 e. The van der Waals surface area contributed by atoms with E-state index in [0.717, 1.165) is 29.3 Å². The van der Waals surface area contributed by atoms with Crippen molar-refractivity contribution < 1.29 is 18.3 Å². The summed E-state index contributed by atoms with van der Waals surface area (Å²) in [6.45, 7) is 6.43. The van der Waals surface area contributed by atoms with Crippen molar-refractivity contribution in [3.05, 3.63) is 95.0 Å². The summed E-state index contributed by atoms with van der Waals surface area (Å²) in [5.74, 6) is -1.43. The first kappa shape index (κ1) is 27.7. The van der Waals surface area contributed by atoms with Gasteiger partial charge >= 0.3 is 6.03 Å². The molecule has 8 nitrogen and oxygen atoms in total. The minimum Gasteiger partial charge on any atom is -0.383 e. The number of carbonyl (C=O) groups excluding carboxylic acids is 1. The molecule has 2 aliphatic rings. The maximum atomic E-state index is 14.0. The van der Waals surface area contributed by atoms with Gasteiger partial charge in [0.05, 0.1) is 24.9 Å². The van der Waals surface area contributed by atoms with Crippen LogP contribution in [0, 0.1) is 18.6 Å². The molecule has 3 aromatic rings. The number of nitrogens with one attached hydrogen (secondary N) is 2. The number of benzene rings is 1. The third kappa shape index (κ3) is 5.97. The van der Waals surface area contributed by atoms with E-state index in [4.69, 9.17) is 4.74 Å². The van der Waals surface area contributed by atoms with Gasteiger partial charge in [-0.05, 0) is 55.2 Å². The van der Waals surface area contributed by atoms with Gasteiger partial charge in [-0.15, -0.1) is 0 Å². The zero-order valence-electron chi connectivity index (χ0n) is 22.9. The molecule has 2 amide bonds. The summed E-state index contributed by atoms with van der Waals surface area (Å²) in [7, 11) is 1.63. The fourth-order valence-corrected chi connectivity index (χ4v) is 5.55. The Morgan fingerprint density at radius 1 is 1.12 bits per heavy atom. The van der Waals surface area contributed by atoms with Crippen LogP contribution in [-0.4, -0.2) is 65.1 Å². The van der Waals surface area contributed by atoms with Crippen LogP contribution in [-0.2, 0) is 4.74 Å². The highest BCUT2D eigenvalue weighted by atomic mass is 19.2. The molecular formula is C30H34F2N6O2. The van der Waals surface area contributed by atoms with Crippen molar-refractivity contribution in [3.8, 4) is 0 Å². The van der Waals surface area contributed by atoms with Crippen LogP contribution >= 0.6 is 0 Å². The first-order valence-electron chi connectivity index (χ1n) is 13.4. The molecule has 1 unspecified atom stereocenters. The van der Waals surface area contributed by atoms with Crippen LogP contribution in [0.5, 0.6) is 0 Å². The van der Waals surface area contributed by atoms with Gasteiger partial charge in [-0.3, -0.25) is 15.2 Å². The molecule has 0 saturated carbocycles. The Hall–Kier alpha value is -3.89. The SMILES string of the molecule is COCCN1C[C@@H](NC(=O)Nc2ccnn2C2C=C(c3cccnc3C)C(C)=CC2)[C@H](c2ccc(F)c(F)c2)C1. The summed E-state index contributed by atoms with van der Waals surface area (Å²) in [6, 6.07) is 8.90. The Balaban J connectivity index is 1.32. The van der Waals surface area contributed by atoms with Gasteiger partial charge in [0.1, 0.15) is 5.82 Å². The molecule has 1 fully saturated rings. The van der Waals surface area contributed by atoms with Crippen molar-refractivity contribution in [2.45, 2.75) is 38.3 Å². The summed E-state index contributed by atoms with van der Waals surface area (Å²) < 4.78 is 34.7. The van der Waals surface area contributed by atoms with Crippen molar-refractivity contribution >= 4 is 17.4 Å². The third-order valence-electron chi connectivity index (χ3n) is 7.67. The van der Waals surface area contributed by atoms with E-state index < -0.39 is 11.6 Å². The van der Waals surface area contributed by atoms with Crippen molar-refractivity contribution in [1.82, 2.24) is 25.0 Å². The number of aromatic nitrogens is 3. The number of halogens is 2. The van der Waals surface area contributed by atoms with E-state index in [-0.39, 0.29) is 24.0 Å². The highest BCUT2D eigenvalue weighted by Gasteiger charge is 2.35.